The van der Waals surface area contributed by atoms with Gasteiger partial charge in [-0.1, -0.05) is 26.2 Å². The molecule has 3 unspecified atom stereocenters. The summed E-state index contributed by atoms with van der Waals surface area (Å²) in [5.41, 5.74) is 0. The summed E-state index contributed by atoms with van der Waals surface area (Å²) in [6.45, 7) is 2.66. The van der Waals surface area contributed by atoms with Crippen LogP contribution in [-0.2, 0) is 4.79 Å². The number of hydrogen-bond donors (Lipinski definition) is 1. The van der Waals surface area contributed by atoms with Gasteiger partial charge in [-0.15, -0.1) is 0 Å². The van der Waals surface area contributed by atoms with Crippen molar-refractivity contribution < 1.29 is 4.79 Å². The van der Waals surface area contributed by atoms with Gasteiger partial charge in [-0.25, -0.2) is 0 Å². The standard InChI is InChI=1S/C14H25N3O/c1-11(14(18)16-2)10-17(3)13-8-6-4-5-7-12(13)9-15/h11-13H,4-8,10H2,1-3H3,(H,16,18). The van der Waals surface area contributed by atoms with Crippen molar-refractivity contribution in [2.45, 2.75) is 45.1 Å². The van der Waals surface area contributed by atoms with Crippen LogP contribution in [0, 0.1) is 23.2 Å². The second kappa shape index (κ2) is 7.38. The van der Waals surface area contributed by atoms with Crippen LogP contribution in [0.25, 0.3) is 0 Å². The molecule has 1 saturated carbocycles. The van der Waals surface area contributed by atoms with Crippen LogP contribution in [0.3, 0.4) is 0 Å². The summed E-state index contributed by atoms with van der Waals surface area (Å²) in [4.78, 5) is 13.8. The molecule has 1 aliphatic carbocycles. The Labute approximate surface area is 110 Å². The van der Waals surface area contributed by atoms with Crippen molar-refractivity contribution in [2.75, 3.05) is 20.6 Å². The van der Waals surface area contributed by atoms with Gasteiger partial charge in [-0.3, -0.25) is 4.79 Å². The summed E-state index contributed by atoms with van der Waals surface area (Å²) < 4.78 is 0. The van der Waals surface area contributed by atoms with Gasteiger partial charge in [0.1, 0.15) is 0 Å². The smallest absolute Gasteiger partial charge is 0.223 e. The molecule has 0 bridgehead atoms. The van der Waals surface area contributed by atoms with Gasteiger partial charge in [-0.2, -0.15) is 5.26 Å². The van der Waals surface area contributed by atoms with Crippen molar-refractivity contribution in [1.29, 1.82) is 5.26 Å². The molecule has 0 aliphatic heterocycles. The first-order chi connectivity index (χ1) is 8.60. The molecule has 18 heavy (non-hydrogen) atoms. The van der Waals surface area contributed by atoms with Gasteiger partial charge in [-0.05, 0) is 19.9 Å². The molecule has 4 nitrogen and oxygen atoms in total. The third-order valence-corrected chi connectivity index (χ3v) is 3.97. The lowest BCUT2D eigenvalue weighted by atomic mass is 9.94. The largest absolute Gasteiger partial charge is 0.359 e. The monoisotopic (exact) mass is 251 g/mol. The maximum Gasteiger partial charge on any atom is 0.223 e. The lowest BCUT2D eigenvalue weighted by molar-refractivity contribution is -0.124. The van der Waals surface area contributed by atoms with E-state index in [1.165, 1.54) is 12.8 Å². The molecule has 1 aliphatic rings. The van der Waals surface area contributed by atoms with Gasteiger partial charge in [0, 0.05) is 25.6 Å². The molecule has 0 aromatic rings. The number of rotatable bonds is 4. The van der Waals surface area contributed by atoms with Crippen LogP contribution in [0.15, 0.2) is 0 Å². The molecule has 1 rings (SSSR count). The zero-order valence-electron chi connectivity index (χ0n) is 11.8. The van der Waals surface area contributed by atoms with Crippen molar-refractivity contribution in [1.82, 2.24) is 10.2 Å². The minimum Gasteiger partial charge on any atom is -0.359 e. The highest BCUT2D eigenvalue weighted by Gasteiger charge is 2.28. The van der Waals surface area contributed by atoms with Crippen molar-refractivity contribution in [3.8, 4) is 6.07 Å². The number of nitriles is 1. The molecule has 0 aromatic heterocycles. The van der Waals surface area contributed by atoms with E-state index in [-0.39, 0.29) is 17.7 Å². The third kappa shape index (κ3) is 3.99. The van der Waals surface area contributed by atoms with Crippen LogP contribution in [0.5, 0.6) is 0 Å². The molecule has 102 valence electrons. The zero-order valence-corrected chi connectivity index (χ0v) is 11.8. The molecular weight excluding hydrogens is 226 g/mol. The van der Waals surface area contributed by atoms with Gasteiger partial charge in [0.2, 0.25) is 5.91 Å². The van der Waals surface area contributed by atoms with E-state index in [1.807, 2.05) is 14.0 Å². The number of carbonyl (C=O) groups excluding carboxylic acids is 1. The van der Waals surface area contributed by atoms with E-state index >= 15 is 0 Å². The normalized spacial score (nSPS) is 26.2. The molecule has 0 heterocycles. The van der Waals surface area contributed by atoms with Gasteiger partial charge in [0.25, 0.3) is 0 Å². The number of nitrogens with zero attached hydrogens (tertiary/aromatic N) is 2. The predicted octanol–water partition coefficient (Wildman–Crippen LogP) is 1.77. The Morgan fingerprint density at radius 2 is 2.11 bits per heavy atom. The Morgan fingerprint density at radius 1 is 1.44 bits per heavy atom. The molecule has 3 atom stereocenters. The number of nitrogens with one attached hydrogen (secondary N) is 1. The predicted molar refractivity (Wildman–Crippen MR) is 71.8 cm³/mol. The summed E-state index contributed by atoms with van der Waals surface area (Å²) >= 11 is 0. The fraction of sp³-hybridized carbons (Fsp3) is 0.857. The van der Waals surface area contributed by atoms with E-state index in [1.54, 1.807) is 7.05 Å². The number of carbonyl (C=O) groups is 1. The average Bonchev–Trinajstić information content (AvgIpc) is 2.62. The molecule has 0 spiro atoms. The molecule has 1 amide bonds. The van der Waals surface area contributed by atoms with Crippen LogP contribution in [0.4, 0.5) is 0 Å². The average molecular weight is 251 g/mol. The quantitative estimate of drug-likeness (QED) is 0.775. The summed E-state index contributed by atoms with van der Waals surface area (Å²) in [6, 6.07) is 2.76. The maximum absolute atomic E-state index is 11.5. The summed E-state index contributed by atoms with van der Waals surface area (Å²) in [7, 11) is 3.71. The highest BCUT2D eigenvalue weighted by molar-refractivity contribution is 5.78. The minimum absolute atomic E-state index is 0.0254. The highest BCUT2D eigenvalue weighted by atomic mass is 16.1. The van der Waals surface area contributed by atoms with Gasteiger partial charge < -0.3 is 10.2 Å². The zero-order chi connectivity index (χ0) is 13.5. The number of hydrogen-bond acceptors (Lipinski definition) is 3. The first kappa shape index (κ1) is 15.0. The first-order valence-electron chi connectivity index (χ1n) is 6.91. The van der Waals surface area contributed by atoms with Gasteiger partial charge in [0.05, 0.1) is 12.0 Å². The third-order valence-electron chi connectivity index (χ3n) is 3.97. The Morgan fingerprint density at radius 3 is 2.72 bits per heavy atom. The highest BCUT2D eigenvalue weighted by Crippen LogP contribution is 2.26. The lowest BCUT2D eigenvalue weighted by Crippen LogP contribution is -2.42. The molecule has 4 heteroatoms. The van der Waals surface area contributed by atoms with Crippen molar-refractivity contribution >= 4 is 5.91 Å². The Kier molecular flexibility index (Phi) is 6.14. The molecule has 0 saturated heterocycles. The Hall–Kier alpha value is -1.08. The fourth-order valence-corrected chi connectivity index (χ4v) is 2.86. The van der Waals surface area contributed by atoms with Gasteiger partial charge in [0.15, 0.2) is 0 Å². The maximum atomic E-state index is 11.5. The van der Waals surface area contributed by atoms with Crippen molar-refractivity contribution in [3.05, 3.63) is 0 Å². The van der Waals surface area contributed by atoms with Crippen LogP contribution in [0.2, 0.25) is 0 Å². The van der Waals surface area contributed by atoms with Crippen molar-refractivity contribution in [2.24, 2.45) is 11.8 Å². The van der Waals surface area contributed by atoms with Crippen LogP contribution in [0.1, 0.15) is 39.0 Å². The Balaban J connectivity index is 2.60. The second-order valence-corrected chi connectivity index (χ2v) is 5.40. The lowest BCUT2D eigenvalue weighted by Gasteiger charge is -2.31. The van der Waals surface area contributed by atoms with Crippen LogP contribution < -0.4 is 5.32 Å². The Bertz CT molecular complexity index is 311. The molecule has 1 fully saturated rings. The van der Waals surface area contributed by atoms with Crippen LogP contribution in [-0.4, -0.2) is 37.5 Å². The van der Waals surface area contributed by atoms with E-state index in [2.05, 4.69) is 16.3 Å². The molecule has 0 aromatic carbocycles. The minimum atomic E-state index is -0.0254. The topological polar surface area (TPSA) is 56.1 Å². The van der Waals surface area contributed by atoms with E-state index in [0.29, 0.717) is 6.04 Å². The fourth-order valence-electron chi connectivity index (χ4n) is 2.86. The SMILES string of the molecule is CNC(=O)C(C)CN(C)C1CCCCCC1C#N. The number of amides is 1. The van der Waals surface area contributed by atoms with Crippen LogP contribution >= 0.6 is 0 Å². The molecular formula is C14H25N3O. The van der Waals surface area contributed by atoms with Crippen molar-refractivity contribution in [3.63, 3.8) is 0 Å². The summed E-state index contributed by atoms with van der Waals surface area (Å²) in [5.74, 6) is 0.168. The molecule has 0 radical (unpaired) electrons. The van der Waals surface area contributed by atoms with E-state index in [0.717, 1.165) is 25.8 Å². The van der Waals surface area contributed by atoms with Gasteiger partial charge >= 0.3 is 0 Å². The first-order valence-corrected chi connectivity index (χ1v) is 6.91. The van der Waals surface area contributed by atoms with E-state index < -0.39 is 0 Å². The van der Waals surface area contributed by atoms with E-state index in [9.17, 15) is 10.1 Å². The summed E-state index contributed by atoms with van der Waals surface area (Å²) in [6.07, 6.45) is 5.66. The molecule has 1 N–H and O–H groups in total. The summed E-state index contributed by atoms with van der Waals surface area (Å²) in [5, 5.41) is 11.9. The van der Waals surface area contributed by atoms with E-state index in [4.69, 9.17) is 0 Å². The second-order valence-electron chi connectivity index (χ2n) is 5.40.